The minimum atomic E-state index is -0.428. The highest BCUT2D eigenvalue weighted by molar-refractivity contribution is 8.08. The van der Waals surface area contributed by atoms with Crippen LogP contribution in [0.2, 0.25) is 0 Å². The molecule has 0 spiro atoms. The highest BCUT2D eigenvalue weighted by Gasteiger charge is 2.18. The van der Waals surface area contributed by atoms with Gasteiger partial charge < -0.3 is 0 Å². The van der Waals surface area contributed by atoms with E-state index in [0.29, 0.717) is 0 Å². The van der Waals surface area contributed by atoms with Crippen molar-refractivity contribution >= 4 is 17.5 Å². The molecule has 0 N–H and O–H groups in total. The van der Waals surface area contributed by atoms with Crippen LogP contribution in [-0.4, -0.2) is 5.78 Å². The van der Waals surface area contributed by atoms with E-state index in [4.69, 9.17) is 5.26 Å². The Morgan fingerprint density at radius 1 is 1.45 bits per heavy atom. The summed E-state index contributed by atoms with van der Waals surface area (Å²) < 4.78 is 0. The van der Waals surface area contributed by atoms with Crippen molar-refractivity contribution in [1.29, 1.82) is 5.26 Å². The molecule has 0 aromatic rings. The highest BCUT2D eigenvalue weighted by Crippen LogP contribution is 2.13. The molecule has 0 aromatic carbocycles. The van der Waals surface area contributed by atoms with Crippen LogP contribution in [0.1, 0.15) is 20.8 Å². The number of nitrogens with zero attached hydrogens (tertiary/aromatic N) is 1. The van der Waals surface area contributed by atoms with Gasteiger partial charge in [0.2, 0.25) is 5.78 Å². The zero-order valence-electron chi connectivity index (χ0n) is 6.76. The van der Waals surface area contributed by atoms with Crippen LogP contribution in [0, 0.1) is 27.3 Å². The molecule has 0 aliphatic rings. The number of nitriles is 1. The van der Waals surface area contributed by atoms with Gasteiger partial charge in [-0.05, 0) is 11.2 Å². The summed E-state index contributed by atoms with van der Waals surface area (Å²) in [5.74, 6) is 2.24. The molecule has 0 radical (unpaired) electrons. The lowest BCUT2D eigenvalue weighted by Crippen LogP contribution is -2.17. The van der Waals surface area contributed by atoms with Crippen LogP contribution in [0.4, 0.5) is 0 Å². The lowest BCUT2D eigenvalue weighted by atomic mass is 9.91. The molecule has 0 rings (SSSR count). The predicted octanol–water partition coefficient (Wildman–Crippen LogP) is 1.78. The Morgan fingerprint density at radius 2 is 2.00 bits per heavy atom. The van der Waals surface area contributed by atoms with E-state index in [1.807, 2.05) is 0 Å². The zero-order valence-corrected chi connectivity index (χ0v) is 7.58. The van der Waals surface area contributed by atoms with Gasteiger partial charge in [-0.1, -0.05) is 20.8 Å². The maximum atomic E-state index is 11.0. The van der Waals surface area contributed by atoms with Gasteiger partial charge in [-0.2, -0.15) is 5.26 Å². The molecule has 0 heterocycles. The monoisotopic (exact) mass is 167 g/mol. The molecule has 11 heavy (non-hydrogen) atoms. The number of Topliss-reactive ketones (excluding diaryl/α,β-unsaturated/α-hetero) is 1. The fourth-order valence-corrected chi connectivity index (χ4v) is 0.472. The highest BCUT2D eigenvalue weighted by atomic mass is 32.2. The maximum Gasteiger partial charge on any atom is 0.211 e. The van der Waals surface area contributed by atoms with Crippen molar-refractivity contribution in [3.8, 4) is 16.6 Å². The number of thioether (sulfide) groups is 1. The predicted molar refractivity (Wildman–Crippen MR) is 45.4 cm³/mol. The largest absolute Gasteiger partial charge is 0.284 e. The lowest BCUT2D eigenvalue weighted by Gasteiger charge is -2.10. The first-order valence-electron chi connectivity index (χ1n) is 3.09. The Kier molecular flexibility index (Phi) is 3.71. The Labute approximate surface area is 71.0 Å². The molecule has 0 atom stereocenters. The molecule has 0 aliphatic carbocycles. The van der Waals surface area contributed by atoms with Gasteiger partial charge in [-0.25, -0.2) is 0 Å². The number of carbonyl (C=O) groups is 1. The number of rotatable bonds is 0. The van der Waals surface area contributed by atoms with E-state index in [0.717, 1.165) is 11.8 Å². The summed E-state index contributed by atoms with van der Waals surface area (Å²) in [5.41, 5.74) is -0.428. The normalized spacial score (nSPS) is 9.27. The first-order valence-corrected chi connectivity index (χ1v) is 3.90. The van der Waals surface area contributed by atoms with Crippen molar-refractivity contribution in [3.05, 3.63) is 0 Å². The average molecular weight is 167 g/mol. The van der Waals surface area contributed by atoms with E-state index in [2.05, 4.69) is 11.2 Å². The molecule has 0 unspecified atom stereocenters. The number of ketones is 1. The number of thiocyanates is 1. The van der Waals surface area contributed by atoms with Crippen molar-refractivity contribution in [1.82, 2.24) is 0 Å². The van der Waals surface area contributed by atoms with E-state index >= 15 is 0 Å². The number of hydrogen-bond donors (Lipinski definition) is 0. The zero-order chi connectivity index (χ0) is 8.91. The Bertz CT molecular complexity index is 246. The second-order valence-corrected chi connectivity index (χ2v) is 3.59. The van der Waals surface area contributed by atoms with Crippen molar-refractivity contribution in [2.75, 3.05) is 0 Å². The molecule has 0 amide bonds. The van der Waals surface area contributed by atoms with Crippen LogP contribution in [0.15, 0.2) is 0 Å². The summed E-state index contributed by atoms with van der Waals surface area (Å²) >= 11 is 0.776. The van der Waals surface area contributed by atoms with E-state index in [1.165, 1.54) is 0 Å². The summed E-state index contributed by atoms with van der Waals surface area (Å²) in [5, 5.41) is 12.2. The summed E-state index contributed by atoms with van der Waals surface area (Å²) in [7, 11) is 0. The van der Waals surface area contributed by atoms with Crippen LogP contribution in [0.5, 0.6) is 0 Å². The summed E-state index contributed by atoms with van der Waals surface area (Å²) in [4.78, 5) is 11.0. The third kappa shape index (κ3) is 4.47. The summed E-state index contributed by atoms with van der Waals surface area (Å²) in [6, 6.07) is 0. The second-order valence-electron chi connectivity index (χ2n) is 3.00. The molecule has 0 aromatic heterocycles. The van der Waals surface area contributed by atoms with Gasteiger partial charge in [0, 0.05) is 17.2 Å². The van der Waals surface area contributed by atoms with Crippen molar-refractivity contribution in [3.63, 3.8) is 0 Å². The Morgan fingerprint density at radius 3 is 2.36 bits per heavy atom. The summed E-state index contributed by atoms with van der Waals surface area (Å²) in [6.07, 6.45) is 0. The topological polar surface area (TPSA) is 40.9 Å². The van der Waals surface area contributed by atoms with Crippen LogP contribution in [-0.2, 0) is 4.79 Å². The van der Waals surface area contributed by atoms with Gasteiger partial charge in [0.1, 0.15) is 5.40 Å². The molecule has 0 fully saturated rings. The fourth-order valence-electron chi connectivity index (χ4n) is 0.282. The molecule has 58 valence electrons. The van der Waals surface area contributed by atoms with Crippen molar-refractivity contribution in [2.24, 2.45) is 5.41 Å². The minimum absolute atomic E-state index is 0.139. The molecule has 2 nitrogen and oxygen atoms in total. The van der Waals surface area contributed by atoms with Gasteiger partial charge in [-0.3, -0.25) is 4.79 Å². The van der Waals surface area contributed by atoms with E-state index in [1.54, 1.807) is 26.2 Å². The van der Waals surface area contributed by atoms with Gasteiger partial charge >= 0.3 is 0 Å². The SMILES string of the molecule is CC(C)(C)C(=O)C#CSC#N. The van der Waals surface area contributed by atoms with Crippen molar-refractivity contribution < 1.29 is 4.79 Å². The van der Waals surface area contributed by atoms with Gasteiger partial charge in [0.25, 0.3) is 0 Å². The van der Waals surface area contributed by atoms with Crippen LogP contribution < -0.4 is 0 Å². The molecule has 0 aliphatic heterocycles. The standard InChI is InChI=1S/C8H9NOS/c1-8(2,3)7(10)4-5-11-6-9/h1-3H3. The molecule has 0 saturated carbocycles. The van der Waals surface area contributed by atoms with E-state index < -0.39 is 5.41 Å². The van der Waals surface area contributed by atoms with Crippen LogP contribution in [0.25, 0.3) is 0 Å². The van der Waals surface area contributed by atoms with Gasteiger partial charge in [0.15, 0.2) is 0 Å². The summed E-state index contributed by atoms with van der Waals surface area (Å²) in [6.45, 7) is 5.38. The average Bonchev–Trinajstić information content (AvgIpc) is 1.86. The lowest BCUT2D eigenvalue weighted by molar-refractivity contribution is -0.120. The number of hydrogen-bond acceptors (Lipinski definition) is 3. The fraction of sp³-hybridized carbons (Fsp3) is 0.500. The van der Waals surface area contributed by atoms with Gasteiger partial charge in [-0.15, -0.1) is 0 Å². The quantitative estimate of drug-likeness (QED) is 0.408. The van der Waals surface area contributed by atoms with Gasteiger partial charge in [0.05, 0.1) is 0 Å². The van der Waals surface area contributed by atoms with E-state index in [-0.39, 0.29) is 5.78 Å². The third-order valence-electron chi connectivity index (χ3n) is 0.942. The second kappa shape index (κ2) is 4.05. The van der Waals surface area contributed by atoms with Crippen molar-refractivity contribution in [2.45, 2.75) is 20.8 Å². The third-order valence-corrected chi connectivity index (χ3v) is 1.24. The molecule has 3 heteroatoms. The molecular weight excluding hydrogens is 158 g/mol. The Hall–Kier alpha value is -0.930. The maximum absolute atomic E-state index is 11.0. The minimum Gasteiger partial charge on any atom is -0.284 e. The number of carbonyl (C=O) groups excluding carboxylic acids is 1. The van der Waals surface area contributed by atoms with E-state index in [9.17, 15) is 4.79 Å². The smallest absolute Gasteiger partial charge is 0.211 e. The molecular formula is C8H9NOS. The van der Waals surface area contributed by atoms with Crippen LogP contribution in [0.3, 0.4) is 0 Å². The van der Waals surface area contributed by atoms with Crippen LogP contribution >= 0.6 is 11.8 Å². The first kappa shape index (κ1) is 10.1. The molecule has 0 saturated heterocycles. The Balaban J connectivity index is 4.14. The first-order chi connectivity index (χ1) is 4.98. The molecule has 0 bridgehead atoms.